The third kappa shape index (κ3) is 6.57. The zero-order valence-electron chi connectivity index (χ0n) is 12.9. The number of carbonyl (C=O) groups is 1. The molecular formula is C16H27N3O. The van der Waals surface area contributed by atoms with Crippen LogP contribution in [0.15, 0.2) is 24.3 Å². The van der Waals surface area contributed by atoms with E-state index in [0.29, 0.717) is 18.0 Å². The van der Waals surface area contributed by atoms with E-state index in [4.69, 9.17) is 5.73 Å². The highest BCUT2D eigenvalue weighted by Crippen LogP contribution is 2.12. The summed E-state index contributed by atoms with van der Waals surface area (Å²) in [5.41, 5.74) is 7.11. The summed E-state index contributed by atoms with van der Waals surface area (Å²) >= 11 is 0. The molecule has 20 heavy (non-hydrogen) atoms. The van der Waals surface area contributed by atoms with Crippen LogP contribution in [0.2, 0.25) is 0 Å². The molecule has 0 aliphatic rings. The fourth-order valence-electron chi connectivity index (χ4n) is 2.10. The Kier molecular flexibility index (Phi) is 7.09. The summed E-state index contributed by atoms with van der Waals surface area (Å²) in [5, 5.41) is 2.87. The normalized spacial score (nSPS) is 12.4. The molecule has 1 rings (SSSR count). The third-order valence-electron chi connectivity index (χ3n) is 3.43. The number of benzene rings is 1. The van der Waals surface area contributed by atoms with Crippen molar-refractivity contribution in [2.45, 2.75) is 33.1 Å². The number of nitrogens with two attached hydrogens (primary N) is 1. The van der Waals surface area contributed by atoms with E-state index >= 15 is 0 Å². The highest BCUT2D eigenvalue weighted by Gasteiger charge is 2.06. The molecule has 0 aliphatic heterocycles. The van der Waals surface area contributed by atoms with Crippen LogP contribution in [-0.2, 0) is 4.79 Å². The molecule has 0 aromatic heterocycles. The first kappa shape index (κ1) is 16.5. The first-order valence-electron chi connectivity index (χ1n) is 7.35. The summed E-state index contributed by atoms with van der Waals surface area (Å²) in [4.78, 5) is 14.1. The standard InChI is InChI=1S/C16H27N3O/c1-4-13(2)12-19(3)10-6-9-16(20)18-15-8-5-7-14(17)11-15/h5,7-8,11,13H,4,6,9-10,12,17H2,1-3H3,(H,18,20). The van der Waals surface area contributed by atoms with Crippen LogP contribution in [0.5, 0.6) is 0 Å². The molecule has 1 amide bonds. The van der Waals surface area contributed by atoms with Crippen LogP contribution < -0.4 is 11.1 Å². The van der Waals surface area contributed by atoms with E-state index < -0.39 is 0 Å². The number of hydrogen-bond donors (Lipinski definition) is 2. The molecule has 1 aromatic rings. The number of nitrogens with zero attached hydrogens (tertiary/aromatic N) is 1. The first-order chi connectivity index (χ1) is 9.51. The van der Waals surface area contributed by atoms with Gasteiger partial charge in [0.15, 0.2) is 0 Å². The maximum absolute atomic E-state index is 11.8. The van der Waals surface area contributed by atoms with Gasteiger partial charge in [0.2, 0.25) is 5.91 Å². The summed E-state index contributed by atoms with van der Waals surface area (Å²) in [6.07, 6.45) is 2.61. The largest absolute Gasteiger partial charge is 0.399 e. The lowest BCUT2D eigenvalue weighted by Crippen LogP contribution is -2.26. The first-order valence-corrected chi connectivity index (χ1v) is 7.35. The lowest BCUT2D eigenvalue weighted by atomic mass is 10.1. The van der Waals surface area contributed by atoms with E-state index in [1.165, 1.54) is 6.42 Å². The molecule has 3 N–H and O–H groups in total. The molecule has 0 saturated heterocycles. The van der Waals surface area contributed by atoms with Crippen molar-refractivity contribution in [3.63, 3.8) is 0 Å². The van der Waals surface area contributed by atoms with Gasteiger partial charge in [0, 0.05) is 24.3 Å². The monoisotopic (exact) mass is 277 g/mol. The smallest absolute Gasteiger partial charge is 0.224 e. The average Bonchev–Trinajstić information content (AvgIpc) is 2.38. The number of carbonyl (C=O) groups excluding carboxylic acids is 1. The van der Waals surface area contributed by atoms with Gasteiger partial charge in [0.25, 0.3) is 0 Å². The van der Waals surface area contributed by atoms with Gasteiger partial charge in [0.1, 0.15) is 0 Å². The fraction of sp³-hybridized carbons (Fsp3) is 0.562. The van der Waals surface area contributed by atoms with Crippen molar-refractivity contribution in [1.29, 1.82) is 0 Å². The van der Waals surface area contributed by atoms with E-state index in [2.05, 4.69) is 31.1 Å². The minimum absolute atomic E-state index is 0.0486. The van der Waals surface area contributed by atoms with Gasteiger partial charge in [-0.25, -0.2) is 0 Å². The Hall–Kier alpha value is -1.55. The molecule has 1 atom stereocenters. The van der Waals surface area contributed by atoms with Crippen molar-refractivity contribution in [2.75, 3.05) is 31.2 Å². The highest BCUT2D eigenvalue weighted by molar-refractivity contribution is 5.91. The Morgan fingerprint density at radius 1 is 1.45 bits per heavy atom. The number of amides is 1. The number of nitrogen functional groups attached to an aromatic ring is 1. The van der Waals surface area contributed by atoms with Crippen LogP contribution in [0.4, 0.5) is 11.4 Å². The van der Waals surface area contributed by atoms with Gasteiger partial charge in [-0.3, -0.25) is 4.79 Å². The highest BCUT2D eigenvalue weighted by atomic mass is 16.1. The maximum Gasteiger partial charge on any atom is 0.224 e. The number of rotatable bonds is 8. The van der Waals surface area contributed by atoms with Gasteiger partial charge in [0.05, 0.1) is 0 Å². The second-order valence-electron chi connectivity index (χ2n) is 5.55. The molecule has 4 nitrogen and oxygen atoms in total. The molecule has 0 saturated carbocycles. The van der Waals surface area contributed by atoms with Crippen molar-refractivity contribution >= 4 is 17.3 Å². The maximum atomic E-state index is 11.8. The lowest BCUT2D eigenvalue weighted by Gasteiger charge is -2.20. The van der Waals surface area contributed by atoms with Crippen molar-refractivity contribution < 1.29 is 4.79 Å². The number of hydrogen-bond acceptors (Lipinski definition) is 3. The summed E-state index contributed by atoms with van der Waals surface area (Å²) < 4.78 is 0. The summed E-state index contributed by atoms with van der Waals surface area (Å²) in [5.74, 6) is 0.758. The zero-order chi connectivity index (χ0) is 15.0. The van der Waals surface area contributed by atoms with Crippen molar-refractivity contribution in [1.82, 2.24) is 4.90 Å². The van der Waals surface area contributed by atoms with Crippen LogP contribution in [0.1, 0.15) is 33.1 Å². The summed E-state index contributed by atoms with van der Waals surface area (Å²) in [6, 6.07) is 7.26. The summed E-state index contributed by atoms with van der Waals surface area (Å²) in [7, 11) is 2.11. The SMILES string of the molecule is CCC(C)CN(C)CCCC(=O)Nc1cccc(N)c1. The molecular weight excluding hydrogens is 250 g/mol. The zero-order valence-corrected chi connectivity index (χ0v) is 12.9. The predicted molar refractivity (Wildman–Crippen MR) is 85.7 cm³/mol. The second kappa shape index (κ2) is 8.59. The minimum atomic E-state index is 0.0486. The van der Waals surface area contributed by atoms with E-state index in [1.54, 1.807) is 12.1 Å². The molecule has 0 heterocycles. The lowest BCUT2D eigenvalue weighted by molar-refractivity contribution is -0.116. The van der Waals surface area contributed by atoms with E-state index in [0.717, 1.165) is 25.2 Å². The van der Waals surface area contributed by atoms with Crippen molar-refractivity contribution in [2.24, 2.45) is 5.92 Å². The predicted octanol–water partition coefficient (Wildman–Crippen LogP) is 2.97. The topological polar surface area (TPSA) is 58.4 Å². The molecule has 1 aromatic carbocycles. The van der Waals surface area contributed by atoms with Gasteiger partial charge >= 0.3 is 0 Å². The molecule has 1 unspecified atom stereocenters. The van der Waals surface area contributed by atoms with Crippen LogP contribution in [-0.4, -0.2) is 30.9 Å². The molecule has 0 spiro atoms. The van der Waals surface area contributed by atoms with Crippen LogP contribution >= 0.6 is 0 Å². The Bertz CT molecular complexity index is 420. The van der Waals surface area contributed by atoms with Crippen molar-refractivity contribution in [3.8, 4) is 0 Å². The summed E-state index contributed by atoms with van der Waals surface area (Å²) in [6.45, 7) is 6.50. The Morgan fingerprint density at radius 2 is 2.20 bits per heavy atom. The molecule has 0 bridgehead atoms. The molecule has 4 heteroatoms. The molecule has 0 aliphatic carbocycles. The van der Waals surface area contributed by atoms with Crippen LogP contribution in [0.3, 0.4) is 0 Å². The Morgan fingerprint density at radius 3 is 2.85 bits per heavy atom. The second-order valence-corrected chi connectivity index (χ2v) is 5.55. The molecule has 112 valence electrons. The van der Waals surface area contributed by atoms with Crippen molar-refractivity contribution in [3.05, 3.63) is 24.3 Å². The number of nitrogens with one attached hydrogen (secondary N) is 1. The van der Waals surface area contributed by atoms with Gasteiger partial charge in [-0.15, -0.1) is 0 Å². The number of anilines is 2. The van der Waals surface area contributed by atoms with E-state index in [9.17, 15) is 4.79 Å². The third-order valence-corrected chi connectivity index (χ3v) is 3.43. The van der Waals surface area contributed by atoms with E-state index in [1.807, 2.05) is 12.1 Å². The molecule has 0 fully saturated rings. The Balaban J connectivity index is 2.23. The minimum Gasteiger partial charge on any atom is -0.399 e. The van der Waals surface area contributed by atoms with Crippen LogP contribution in [0.25, 0.3) is 0 Å². The molecule has 0 radical (unpaired) electrons. The van der Waals surface area contributed by atoms with Gasteiger partial charge in [-0.1, -0.05) is 26.3 Å². The fourth-order valence-corrected chi connectivity index (χ4v) is 2.10. The van der Waals surface area contributed by atoms with Gasteiger partial charge in [-0.05, 0) is 44.1 Å². The Labute approximate surface area is 122 Å². The average molecular weight is 277 g/mol. The van der Waals surface area contributed by atoms with Gasteiger partial charge < -0.3 is 16.0 Å². The van der Waals surface area contributed by atoms with Crippen LogP contribution in [0, 0.1) is 5.92 Å². The quantitative estimate of drug-likeness (QED) is 0.718. The van der Waals surface area contributed by atoms with Gasteiger partial charge in [-0.2, -0.15) is 0 Å². The van der Waals surface area contributed by atoms with E-state index in [-0.39, 0.29) is 5.91 Å².